The van der Waals surface area contributed by atoms with Gasteiger partial charge < -0.3 is 19.9 Å². The van der Waals surface area contributed by atoms with E-state index in [9.17, 15) is 9.18 Å². The van der Waals surface area contributed by atoms with Crippen molar-refractivity contribution in [3.8, 4) is 5.75 Å². The highest BCUT2D eigenvalue weighted by Gasteiger charge is 2.27. The van der Waals surface area contributed by atoms with E-state index in [4.69, 9.17) is 15.7 Å². The fraction of sp³-hybridized carbons (Fsp3) is 0.480. The van der Waals surface area contributed by atoms with Crippen molar-refractivity contribution in [3.63, 3.8) is 0 Å². The van der Waals surface area contributed by atoms with Crippen molar-refractivity contribution in [2.24, 2.45) is 5.92 Å². The summed E-state index contributed by atoms with van der Waals surface area (Å²) < 4.78 is 85.7. The first kappa shape index (κ1) is 14.5. The number of benzene rings is 2. The van der Waals surface area contributed by atoms with Crippen LogP contribution in [-0.4, -0.2) is 48.5 Å². The lowest BCUT2D eigenvalue weighted by molar-refractivity contribution is 0.127. The van der Waals surface area contributed by atoms with Gasteiger partial charge in [-0.2, -0.15) is 0 Å². The third-order valence-electron chi connectivity index (χ3n) is 4.59. The van der Waals surface area contributed by atoms with Gasteiger partial charge in [0.25, 0.3) is 0 Å². The predicted octanol–water partition coefficient (Wildman–Crippen LogP) is 4.67. The van der Waals surface area contributed by atoms with Crippen molar-refractivity contribution < 1.29 is 24.9 Å². The average molecular weight is 436 g/mol. The van der Waals surface area contributed by atoms with Crippen molar-refractivity contribution in [1.82, 2.24) is 15.1 Å². The number of likely N-dealkylation sites (tertiary alicyclic amines) is 1. The molecule has 0 atom stereocenters. The van der Waals surface area contributed by atoms with E-state index in [0.29, 0.717) is 11.3 Å². The zero-order valence-electron chi connectivity index (χ0n) is 26.0. The van der Waals surface area contributed by atoms with Crippen LogP contribution in [0.3, 0.4) is 0 Å². The Morgan fingerprint density at radius 3 is 2.42 bits per heavy atom. The molecule has 2 aromatic carbocycles. The van der Waals surface area contributed by atoms with E-state index in [1.165, 1.54) is 19.2 Å². The van der Waals surface area contributed by atoms with Gasteiger partial charge >= 0.3 is 6.03 Å². The van der Waals surface area contributed by atoms with Crippen LogP contribution in [0.4, 0.5) is 9.18 Å². The van der Waals surface area contributed by atoms with Crippen LogP contribution >= 0.6 is 0 Å². The number of hydrogen-bond acceptors (Lipinski definition) is 3. The number of ether oxygens (including phenoxy) is 1. The van der Waals surface area contributed by atoms with Crippen molar-refractivity contribution in [2.45, 2.75) is 45.8 Å². The Hall–Kier alpha value is -2.60. The first-order valence-electron chi connectivity index (χ1n) is 14.2. The van der Waals surface area contributed by atoms with E-state index < -0.39 is 43.9 Å². The van der Waals surface area contributed by atoms with Gasteiger partial charge in [-0.3, -0.25) is 0 Å². The van der Waals surface area contributed by atoms with Crippen molar-refractivity contribution in [2.75, 3.05) is 26.6 Å². The molecule has 0 aromatic heterocycles. The lowest BCUT2D eigenvalue weighted by atomic mass is 10.0. The quantitative estimate of drug-likeness (QED) is 0.656. The molecule has 2 aromatic rings. The number of amides is 2. The highest BCUT2D eigenvalue weighted by atomic mass is 19.1. The van der Waals surface area contributed by atoms with Crippen LogP contribution in [0.15, 0.2) is 48.5 Å². The minimum Gasteiger partial charge on any atom is -0.493 e. The maximum atomic E-state index is 13.6. The molecule has 3 rings (SSSR count). The fourth-order valence-electron chi connectivity index (χ4n) is 2.89. The summed E-state index contributed by atoms with van der Waals surface area (Å²) in [5.41, 5.74) is 0.567. The minimum absolute atomic E-state index is 0.0416. The van der Waals surface area contributed by atoms with Crippen LogP contribution in [0.25, 0.3) is 0 Å². The van der Waals surface area contributed by atoms with Crippen LogP contribution in [0, 0.1) is 11.7 Å². The Kier molecular flexibility index (Phi) is 5.20. The summed E-state index contributed by atoms with van der Waals surface area (Å²) in [6, 6.07) is 8.81. The molecule has 0 aliphatic carbocycles. The molecule has 0 bridgehead atoms. The maximum absolute atomic E-state index is 13.6. The van der Waals surface area contributed by atoms with Gasteiger partial charge in [0.05, 0.1) is 12.0 Å². The predicted molar refractivity (Wildman–Crippen MR) is 121 cm³/mol. The summed E-state index contributed by atoms with van der Waals surface area (Å²) in [5.74, 6) is -0.671. The normalized spacial score (nSPS) is 23.1. The molecule has 0 radical (unpaired) electrons. The highest BCUT2D eigenvalue weighted by molar-refractivity contribution is 5.74. The largest absolute Gasteiger partial charge is 0.493 e. The maximum Gasteiger partial charge on any atom is 0.318 e. The number of rotatable bonds is 8. The van der Waals surface area contributed by atoms with Crippen LogP contribution in [0.5, 0.6) is 5.75 Å². The number of urea groups is 1. The summed E-state index contributed by atoms with van der Waals surface area (Å²) in [4.78, 5) is 15.2. The van der Waals surface area contributed by atoms with Crippen molar-refractivity contribution >= 4 is 6.03 Å². The molecule has 2 amide bonds. The lowest BCUT2D eigenvalue weighted by Crippen LogP contribution is -2.49. The molecule has 1 aliphatic rings. The monoisotopic (exact) mass is 435 g/mol. The summed E-state index contributed by atoms with van der Waals surface area (Å²) in [6.07, 6.45) is -0.692. The molecule has 1 heterocycles. The van der Waals surface area contributed by atoms with Gasteiger partial charge in [0, 0.05) is 24.6 Å². The third-order valence-corrected chi connectivity index (χ3v) is 4.59. The fourth-order valence-corrected chi connectivity index (χ4v) is 2.89. The molecule has 0 unspecified atom stereocenters. The van der Waals surface area contributed by atoms with E-state index in [-0.39, 0.29) is 30.9 Å². The van der Waals surface area contributed by atoms with Crippen LogP contribution in [0.2, 0.25) is 0 Å². The van der Waals surface area contributed by atoms with Crippen molar-refractivity contribution in [1.29, 1.82) is 0 Å². The van der Waals surface area contributed by atoms with Crippen LogP contribution in [0.1, 0.15) is 48.8 Å². The molecule has 6 heteroatoms. The molecule has 5 nitrogen and oxygen atoms in total. The molecule has 1 fully saturated rings. The number of carbonyl (C=O) groups excluding carboxylic acids is 1. The van der Waals surface area contributed by atoms with Crippen LogP contribution < -0.4 is 10.1 Å². The standard InChI is InChI=1S/C25H34FN3O2/c1-19(2)18-31-24-10-6-20(7-11-24)16-27-25(30)29(23-12-14-28(3)15-13-23)17-21-4-8-22(26)9-5-21/h4-11,19,23H,12-18H2,1-3H3,(H,27,30)/i14D2,15D2,17D2,18D2. The van der Waals surface area contributed by atoms with E-state index in [2.05, 4.69) is 5.32 Å². The second-order valence-electron chi connectivity index (χ2n) is 7.60. The molecule has 1 saturated heterocycles. The van der Waals surface area contributed by atoms with Gasteiger partial charge in [-0.25, -0.2) is 9.18 Å². The minimum atomic E-state index is -2.52. The SMILES string of the molecule is [2H]C([2H])(Oc1ccc(CNC(=O)N(C2CC([2H])([2H])N(C)C([2H])([2H])C2)C([2H])([2H])c2ccc(F)cc2)cc1)C(C)C. The third kappa shape index (κ3) is 7.24. The molecule has 168 valence electrons. The molecular formula is C25H34FN3O2. The molecular weight excluding hydrogens is 393 g/mol. The number of piperidine rings is 1. The molecule has 31 heavy (non-hydrogen) atoms. The Morgan fingerprint density at radius 2 is 1.81 bits per heavy atom. The molecule has 1 N–H and O–H groups in total. The Balaban J connectivity index is 1.86. The summed E-state index contributed by atoms with van der Waals surface area (Å²) >= 11 is 0. The van der Waals surface area contributed by atoms with E-state index in [1.807, 2.05) is 0 Å². The number of halogens is 1. The molecule has 0 saturated carbocycles. The zero-order chi connectivity index (χ0) is 29.4. The molecule has 1 aliphatic heterocycles. The second-order valence-corrected chi connectivity index (χ2v) is 7.60. The van der Waals surface area contributed by atoms with Gasteiger partial charge in [-0.15, -0.1) is 0 Å². The number of hydrogen-bond donors (Lipinski definition) is 1. The lowest BCUT2D eigenvalue weighted by Gasteiger charge is -2.37. The summed E-state index contributed by atoms with van der Waals surface area (Å²) in [5, 5.41) is 2.63. The Bertz CT molecular complexity index is 1130. The average Bonchev–Trinajstić information content (AvgIpc) is 2.81. The first-order valence-corrected chi connectivity index (χ1v) is 10.2. The van der Waals surface area contributed by atoms with Gasteiger partial charge in [0.2, 0.25) is 0 Å². The van der Waals surface area contributed by atoms with E-state index in [1.54, 1.807) is 38.1 Å². The van der Waals surface area contributed by atoms with Gasteiger partial charge in [-0.1, -0.05) is 38.1 Å². The van der Waals surface area contributed by atoms with E-state index in [0.717, 1.165) is 21.9 Å². The second kappa shape index (κ2) is 11.1. The van der Waals surface area contributed by atoms with Gasteiger partial charge in [-0.05, 0) is 74.2 Å². The highest BCUT2D eigenvalue weighted by Crippen LogP contribution is 2.19. The number of nitrogens with one attached hydrogen (secondary N) is 1. The topological polar surface area (TPSA) is 44.8 Å². The number of carbonyl (C=O) groups is 1. The summed E-state index contributed by atoms with van der Waals surface area (Å²) in [7, 11) is 1.30. The molecule has 0 spiro atoms. The Labute approximate surface area is 196 Å². The van der Waals surface area contributed by atoms with Crippen LogP contribution in [-0.2, 0) is 13.0 Å². The van der Waals surface area contributed by atoms with Gasteiger partial charge in [0.15, 0.2) is 0 Å². The van der Waals surface area contributed by atoms with Gasteiger partial charge in [0.1, 0.15) is 11.6 Å². The number of nitrogens with zero attached hydrogens (tertiary/aromatic N) is 2. The smallest absolute Gasteiger partial charge is 0.318 e. The zero-order valence-corrected chi connectivity index (χ0v) is 18.0. The Morgan fingerprint density at radius 1 is 1.19 bits per heavy atom. The summed E-state index contributed by atoms with van der Waals surface area (Å²) in [6.45, 7) is -5.38. The first-order chi connectivity index (χ1) is 17.9. The van der Waals surface area contributed by atoms with Crippen molar-refractivity contribution in [3.05, 3.63) is 65.5 Å². The van der Waals surface area contributed by atoms with E-state index >= 15 is 0 Å².